The Morgan fingerprint density at radius 3 is 2.90 bits per heavy atom. The molecule has 1 aliphatic carbocycles. The fourth-order valence-corrected chi connectivity index (χ4v) is 4.30. The second-order valence-electron chi connectivity index (χ2n) is 7.08. The van der Waals surface area contributed by atoms with Gasteiger partial charge in [0.15, 0.2) is 17.5 Å². The van der Waals surface area contributed by atoms with E-state index in [4.69, 9.17) is 16.7 Å². The lowest BCUT2D eigenvalue weighted by Crippen LogP contribution is -2.29. The standard InChI is InChI=1S/C19H21ClN6O3S.3H2/c1-26(7-8-27)30(28,29)14-4-2-3-13(9-14)18-21-11-15(20)19(23-18)22-17-10-16(24-25-17)12-5-6-12;;;/h2-4,9-12,27H,5-8H2,1H3,(H2,21,22,23,24,25);3*1H. The van der Waals surface area contributed by atoms with Crippen molar-refractivity contribution in [2.45, 2.75) is 23.7 Å². The summed E-state index contributed by atoms with van der Waals surface area (Å²) in [5.74, 6) is 1.84. The van der Waals surface area contributed by atoms with Crippen molar-refractivity contribution in [3.05, 3.63) is 47.2 Å². The number of halogens is 1. The number of H-pyrrole nitrogens is 1. The summed E-state index contributed by atoms with van der Waals surface area (Å²) in [5, 5.41) is 19.7. The van der Waals surface area contributed by atoms with Gasteiger partial charge in [0.2, 0.25) is 10.0 Å². The van der Waals surface area contributed by atoms with Gasteiger partial charge in [0.05, 0.1) is 17.7 Å². The number of likely N-dealkylation sites (N-methyl/N-ethyl adjacent to an activating group) is 1. The highest BCUT2D eigenvalue weighted by molar-refractivity contribution is 7.89. The monoisotopic (exact) mass is 454 g/mol. The minimum absolute atomic E-state index is 0. The number of aromatic nitrogens is 4. The highest BCUT2D eigenvalue weighted by Gasteiger charge is 2.26. The summed E-state index contributed by atoms with van der Waals surface area (Å²) >= 11 is 6.24. The Morgan fingerprint density at radius 2 is 2.17 bits per heavy atom. The van der Waals surface area contributed by atoms with Crippen LogP contribution < -0.4 is 5.32 Å². The third kappa shape index (κ3) is 4.31. The van der Waals surface area contributed by atoms with Crippen molar-refractivity contribution in [1.82, 2.24) is 24.5 Å². The van der Waals surface area contributed by atoms with Crippen molar-refractivity contribution in [1.29, 1.82) is 0 Å². The largest absolute Gasteiger partial charge is 0.395 e. The van der Waals surface area contributed by atoms with Crippen LogP contribution in [-0.2, 0) is 10.0 Å². The minimum atomic E-state index is -3.74. The van der Waals surface area contributed by atoms with Gasteiger partial charge in [-0.05, 0) is 25.0 Å². The molecule has 2 aromatic heterocycles. The Hall–Kier alpha value is -2.53. The summed E-state index contributed by atoms with van der Waals surface area (Å²) in [6.45, 7) is -0.259. The van der Waals surface area contributed by atoms with E-state index in [2.05, 4.69) is 25.5 Å². The molecule has 0 spiro atoms. The van der Waals surface area contributed by atoms with Gasteiger partial charge in [-0.2, -0.15) is 9.40 Å². The van der Waals surface area contributed by atoms with E-state index in [0.717, 1.165) is 22.8 Å². The van der Waals surface area contributed by atoms with E-state index in [9.17, 15) is 8.42 Å². The first-order chi connectivity index (χ1) is 14.4. The molecule has 0 saturated heterocycles. The van der Waals surface area contributed by atoms with Crippen LogP contribution in [0.15, 0.2) is 41.4 Å². The third-order valence-corrected chi connectivity index (χ3v) is 6.95. The predicted molar refractivity (Wildman–Crippen MR) is 120 cm³/mol. The van der Waals surface area contributed by atoms with E-state index in [-0.39, 0.29) is 22.3 Å². The summed E-state index contributed by atoms with van der Waals surface area (Å²) < 4.78 is 26.4. The molecule has 11 heteroatoms. The maximum Gasteiger partial charge on any atom is 0.242 e. The fraction of sp³-hybridized carbons (Fsp3) is 0.316. The van der Waals surface area contributed by atoms with Gasteiger partial charge in [-0.15, -0.1) is 0 Å². The lowest BCUT2D eigenvalue weighted by Gasteiger charge is -2.16. The molecule has 0 aliphatic heterocycles. The molecular weight excluding hydrogens is 428 g/mol. The second-order valence-corrected chi connectivity index (χ2v) is 9.53. The van der Waals surface area contributed by atoms with E-state index in [1.807, 2.05) is 6.07 Å². The first-order valence-corrected chi connectivity index (χ1v) is 11.2. The Balaban J connectivity index is 0.00000181. The average molecular weight is 455 g/mol. The number of aliphatic hydroxyl groups is 1. The van der Waals surface area contributed by atoms with Crippen LogP contribution in [0.2, 0.25) is 5.02 Å². The molecule has 0 atom stereocenters. The number of anilines is 2. The van der Waals surface area contributed by atoms with Crippen molar-refractivity contribution >= 4 is 33.3 Å². The second kappa shape index (κ2) is 8.31. The van der Waals surface area contributed by atoms with Crippen molar-refractivity contribution in [2.24, 2.45) is 0 Å². The summed E-state index contributed by atoms with van der Waals surface area (Å²) in [6.07, 6.45) is 3.78. The molecule has 0 amide bonds. The average Bonchev–Trinajstić information content (AvgIpc) is 3.49. The third-order valence-electron chi connectivity index (χ3n) is 4.82. The summed E-state index contributed by atoms with van der Waals surface area (Å²) in [5.41, 5.74) is 1.60. The number of benzene rings is 1. The van der Waals surface area contributed by atoms with Gasteiger partial charge in [-0.1, -0.05) is 23.7 Å². The van der Waals surface area contributed by atoms with Crippen LogP contribution in [0, 0.1) is 0 Å². The molecule has 0 radical (unpaired) electrons. The maximum absolute atomic E-state index is 12.7. The number of nitrogens with zero attached hydrogens (tertiary/aromatic N) is 4. The van der Waals surface area contributed by atoms with Gasteiger partial charge in [0, 0.05) is 41.1 Å². The molecule has 4 rings (SSSR count). The van der Waals surface area contributed by atoms with Crippen LogP contribution in [-0.4, -0.2) is 58.2 Å². The van der Waals surface area contributed by atoms with Gasteiger partial charge in [0.1, 0.15) is 5.02 Å². The van der Waals surface area contributed by atoms with Crippen LogP contribution in [0.1, 0.15) is 28.7 Å². The highest BCUT2D eigenvalue weighted by Crippen LogP contribution is 2.39. The van der Waals surface area contributed by atoms with Crippen LogP contribution in [0.4, 0.5) is 11.6 Å². The quantitative estimate of drug-likeness (QED) is 0.475. The zero-order chi connectivity index (χ0) is 21.3. The Bertz CT molecular complexity index is 1180. The van der Waals surface area contributed by atoms with Crippen LogP contribution in [0.25, 0.3) is 11.4 Å². The first-order valence-electron chi connectivity index (χ1n) is 9.41. The van der Waals surface area contributed by atoms with Gasteiger partial charge >= 0.3 is 0 Å². The molecule has 1 aliphatic rings. The topological polar surface area (TPSA) is 124 Å². The molecule has 30 heavy (non-hydrogen) atoms. The van der Waals surface area contributed by atoms with Gasteiger partial charge in [-0.3, -0.25) is 5.10 Å². The van der Waals surface area contributed by atoms with Gasteiger partial charge in [0.25, 0.3) is 0 Å². The highest BCUT2D eigenvalue weighted by atomic mass is 35.5. The van der Waals surface area contributed by atoms with Crippen LogP contribution in [0.5, 0.6) is 0 Å². The maximum atomic E-state index is 12.7. The van der Waals surface area contributed by atoms with Gasteiger partial charge in [-0.25, -0.2) is 18.4 Å². The number of aliphatic hydroxyl groups excluding tert-OH is 1. The Kier molecular flexibility index (Phi) is 5.74. The molecule has 9 nitrogen and oxygen atoms in total. The van der Waals surface area contributed by atoms with Crippen molar-refractivity contribution in [3.63, 3.8) is 0 Å². The zero-order valence-corrected chi connectivity index (χ0v) is 17.8. The lowest BCUT2D eigenvalue weighted by molar-refractivity contribution is 0.266. The van der Waals surface area contributed by atoms with E-state index >= 15 is 0 Å². The number of rotatable bonds is 8. The Labute approximate surface area is 183 Å². The normalized spacial score (nSPS) is 14.3. The summed E-state index contributed by atoms with van der Waals surface area (Å²) in [7, 11) is -2.32. The molecule has 3 N–H and O–H groups in total. The van der Waals surface area contributed by atoms with Crippen molar-refractivity contribution in [3.8, 4) is 11.4 Å². The zero-order valence-electron chi connectivity index (χ0n) is 16.2. The van der Waals surface area contributed by atoms with Crippen LogP contribution in [0.3, 0.4) is 0 Å². The number of sulfonamides is 1. The molecular formula is C19H27ClN6O3S. The van der Waals surface area contributed by atoms with E-state index in [1.165, 1.54) is 25.4 Å². The minimum Gasteiger partial charge on any atom is -0.395 e. The SMILES string of the molecule is CN(CCO)S(=O)(=O)c1cccc(-c2ncc(Cl)c(Nc3cc(C4CC4)[nH]n3)n2)c1.[HH].[HH].[HH]. The van der Waals surface area contributed by atoms with Crippen LogP contribution >= 0.6 is 11.6 Å². The molecule has 164 valence electrons. The van der Waals surface area contributed by atoms with E-state index < -0.39 is 10.0 Å². The molecule has 1 aromatic carbocycles. The summed E-state index contributed by atoms with van der Waals surface area (Å²) in [6, 6.07) is 8.26. The smallest absolute Gasteiger partial charge is 0.242 e. The first kappa shape index (κ1) is 20.7. The van der Waals surface area contributed by atoms with Crippen molar-refractivity contribution in [2.75, 3.05) is 25.5 Å². The molecule has 0 unspecified atom stereocenters. The predicted octanol–water partition coefficient (Wildman–Crippen LogP) is 3.49. The molecule has 2 heterocycles. The summed E-state index contributed by atoms with van der Waals surface area (Å²) in [4.78, 5) is 8.78. The molecule has 3 aromatic rings. The molecule has 0 bridgehead atoms. The van der Waals surface area contributed by atoms with E-state index in [0.29, 0.717) is 34.0 Å². The van der Waals surface area contributed by atoms with Gasteiger partial charge < -0.3 is 10.4 Å². The number of aromatic amines is 1. The number of hydrogen-bond donors (Lipinski definition) is 3. The number of hydrogen-bond acceptors (Lipinski definition) is 7. The molecule has 1 fully saturated rings. The Morgan fingerprint density at radius 1 is 1.37 bits per heavy atom. The van der Waals surface area contributed by atoms with E-state index in [1.54, 1.807) is 12.1 Å². The van der Waals surface area contributed by atoms with Crippen molar-refractivity contribution < 1.29 is 17.8 Å². The number of nitrogens with one attached hydrogen (secondary N) is 2. The fourth-order valence-electron chi connectivity index (χ4n) is 2.96. The lowest BCUT2D eigenvalue weighted by atomic mass is 10.2. The molecule has 1 saturated carbocycles.